The second kappa shape index (κ2) is 9.24. The van der Waals surface area contributed by atoms with E-state index in [1.165, 1.54) is 32.3 Å². The van der Waals surface area contributed by atoms with Crippen molar-refractivity contribution in [3.05, 3.63) is 47.2 Å². The third-order valence-corrected chi connectivity index (χ3v) is 6.44. The maximum absolute atomic E-state index is 14.4. The molecule has 0 radical (unpaired) electrons. The molecule has 2 aliphatic rings. The van der Waals surface area contributed by atoms with Crippen LogP contribution in [0.2, 0.25) is 5.02 Å². The predicted octanol–water partition coefficient (Wildman–Crippen LogP) is 4.56. The predicted molar refractivity (Wildman–Crippen MR) is 121 cm³/mol. The molecule has 0 spiro atoms. The lowest BCUT2D eigenvalue weighted by Gasteiger charge is -2.35. The highest BCUT2D eigenvalue weighted by Crippen LogP contribution is 2.36. The maximum atomic E-state index is 14.4. The van der Waals surface area contributed by atoms with Crippen LogP contribution in [0.5, 0.6) is 11.5 Å². The molecule has 33 heavy (non-hydrogen) atoms. The Kier molecular flexibility index (Phi) is 6.18. The Morgan fingerprint density at radius 3 is 2.97 bits per heavy atom. The van der Waals surface area contributed by atoms with Crippen LogP contribution in [0.15, 0.2) is 30.6 Å². The Morgan fingerprint density at radius 2 is 2.12 bits per heavy atom. The minimum Gasteiger partial charge on any atom is -0.493 e. The van der Waals surface area contributed by atoms with Crippen LogP contribution in [-0.2, 0) is 4.74 Å². The highest BCUT2D eigenvalue weighted by molar-refractivity contribution is 6.31. The summed E-state index contributed by atoms with van der Waals surface area (Å²) < 4.78 is 45.4. The zero-order valence-corrected chi connectivity index (χ0v) is 18.7. The Bertz CT molecular complexity index is 1180. The number of hydrogen-bond donors (Lipinski definition) is 1. The van der Waals surface area contributed by atoms with Crippen LogP contribution in [0.3, 0.4) is 0 Å². The van der Waals surface area contributed by atoms with Crippen LogP contribution in [0, 0.1) is 11.6 Å². The van der Waals surface area contributed by atoms with Crippen molar-refractivity contribution in [3.8, 4) is 11.5 Å². The van der Waals surface area contributed by atoms with Gasteiger partial charge in [0, 0.05) is 24.0 Å². The van der Waals surface area contributed by atoms with Gasteiger partial charge in [-0.1, -0.05) is 11.6 Å². The van der Waals surface area contributed by atoms with Gasteiger partial charge in [0.05, 0.1) is 24.9 Å². The molecule has 2 fully saturated rings. The summed E-state index contributed by atoms with van der Waals surface area (Å²) in [5.74, 6) is -0.409. The highest BCUT2D eigenvalue weighted by atomic mass is 35.5. The molecule has 1 aromatic heterocycles. The second-order valence-electron chi connectivity index (χ2n) is 8.15. The Hall–Kier alpha value is -2.75. The van der Waals surface area contributed by atoms with Gasteiger partial charge >= 0.3 is 0 Å². The quantitative estimate of drug-likeness (QED) is 0.523. The normalized spacial score (nSPS) is 20.6. The number of rotatable bonds is 6. The van der Waals surface area contributed by atoms with Gasteiger partial charge in [0.1, 0.15) is 35.7 Å². The smallest absolute Gasteiger partial charge is 0.168 e. The number of fused-ring (bicyclic) bond motifs is 2. The number of methoxy groups -OCH3 is 1. The summed E-state index contributed by atoms with van der Waals surface area (Å²) in [5.41, 5.74) is 0.566. The van der Waals surface area contributed by atoms with E-state index in [1.54, 1.807) is 12.1 Å². The van der Waals surface area contributed by atoms with Crippen LogP contribution >= 0.6 is 11.6 Å². The number of halogens is 3. The largest absolute Gasteiger partial charge is 0.493 e. The van der Waals surface area contributed by atoms with Crippen molar-refractivity contribution in [2.24, 2.45) is 0 Å². The van der Waals surface area contributed by atoms with Gasteiger partial charge in [-0.2, -0.15) is 0 Å². The monoisotopic (exact) mass is 476 g/mol. The molecule has 2 aromatic carbocycles. The number of benzene rings is 2. The fraction of sp³-hybridized carbons (Fsp3) is 0.391. The van der Waals surface area contributed by atoms with Gasteiger partial charge in [-0.3, -0.25) is 4.90 Å². The van der Waals surface area contributed by atoms with Gasteiger partial charge in [-0.25, -0.2) is 18.7 Å². The molecule has 0 aliphatic carbocycles. The molecule has 0 amide bonds. The second-order valence-corrected chi connectivity index (χ2v) is 8.53. The average molecular weight is 477 g/mol. The first-order valence-electron chi connectivity index (χ1n) is 10.7. The summed E-state index contributed by atoms with van der Waals surface area (Å²) in [6.07, 6.45) is 3.73. The summed E-state index contributed by atoms with van der Waals surface area (Å²) in [6, 6.07) is 6.33. The number of hydrogen-bond acceptors (Lipinski definition) is 7. The fourth-order valence-electron chi connectivity index (χ4n) is 4.36. The fourth-order valence-corrected chi connectivity index (χ4v) is 4.52. The molecule has 2 atom stereocenters. The minimum atomic E-state index is -0.900. The summed E-state index contributed by atoms with van der Waals surface area (Å²) in [4.78, 5) is 11.0. The first-order valence-corrected chi connectivity index (χ1v) is 11.1. The number of anilines is 2. The van der Waals surface area contributed by atoms with E-state index in [0.29, 0.717) is 40.9 Å². The third kappa shape index (κ3) is 4.40. The lowest BCUT2D eigenvalue weighted by molar-refractivity contribution is -0.0655. The minimum absolute atomic E-state index is 0.00430. The number of aromatic nitrogens is 2. The van der Waals surface area contributed by atoms with Gasteiger partial charge in [0.2, 0.25) is 0 Å². The van der Waals surface area contributed by atoms with Crippen molar-refractivity contribution in [3.63, 3.8) is 0 Å². The maximum Gasteiger partial charge on any atom is 0.168 e. The first kappa shape index (κ1) is 22.1. The first-order chi connectivity index (χ1) is 16.0. The molecule has 1 unspecified atom stereocenters. The van der Waals surface area contributed by atoms with E-state index in [1.807, 2.05) is 0 Å². The molecule has 10 heteroatoms. The van der Waals surface area contributed by atoms with Gasteiger partial charge in [-0.15, -0.1) is 0 Å². The van der Waals surface area contributed by atoms with Crippen molar-refractivity contribution in [2.75, 3.05) is 38.7 Å². The van der Waals surface area contributed by atoms with Gasteiger partial charge in [0.15, 0.2) is 17.3 Å². The van der Waals surface area contributed by atoms with Gasteiger partial charge in [0.25, 0.3) is 0 Å². The number of morpholine rings is 1. The third-order valence-electron chi connectivity index (χ3n) is 6.10. The molecule has 7 nitrogen and oxygen atoms in total. The topological polar surface area (TPSA) is 68.7 Å². The summed E-state index contributed by atoms with van der Waals surface area (Å²) in [5, 5.41) is 2.85. The molecule has 5 rings (SSSR count). The van der Waals surface area contributed by atoms with E-state index < -0.39 is 16.7 Å². The molecular weight excluding hydrogens is 454 g/mol. The van der Waals surface area contributed by atoms with Gasteiger partial charge < -0.3 is 19.5 Å². The standard InChI is InChI=1S/C23H23ClF2N4O3/c1-31-19-7-15-18(8-20(19)33-11-14-9-30-6-2-3-13(30)10-32-14)27-12-28-23(15)29-17-5-4-16(25)21(24)22(17)26/h4-5,7-8,12-14H,2-3,6,9-11H2,1H3,(H,27,28,29)/t13?,14-/m0/s1. The summed E-state index contributed by atoms with van der Waals surface area (Å²) in [6.45, 7) is 3.08. The van der Waals surface area contributed by atoms with E-state index in [0.717, 1.165) is 25.8 Å². The Labute approximate surface area is 194 Å². The van der Waals surface area contributed by atoms with Crippen molar-refractivity contribution in [2.45, 2.75) is 25.0 Å². The van der Waals surface area contributed by atoms with E-state index in [-0.39, 0.29) is 11.8 Å². The number of nitrogens with zero attached hydrogens (tertiary/aromatic N) is 3. The summed E-state index contributed by atoms with van der Waals surface area (Å²) in [7, 11) is 1.54. The van der Waals surface area contributed by atoms with Crippen LogP contribution in [-0.4, -0.2) is 60.4 Å². The SMILES string of the molecule is COc1cc2c(Nc3ccc(F)c(Cl)c3F)ncnc2cc1OC[C@@H]1CN2CCCC2CO1. The van der Waals surface area contributed by atoms with Crippen molar-refractivity contribution in [1.82, 2.24) is 14.9 Å². The van der Waals surface area contributed by atoms with Crippen LogP contribution < -0.4 is 14.8 Å². The molecule has 3 aromatic rings. The molecule has 2 saturated heterocycles. The molecular formula is C23H23ClF2N4O3. The Morgan fingerprint density at radius 1 is 1.24 bits per heavy atom. The molecule has 3 heterocycles. The van der Waals surface area contributed by atoms with Crippen LogP contribution in [0.25, 0.3) is 10.9 Å². The lowest BCUT2D eigenvalue weighted by atomic mass is 10.2. The van der Waals surface area contributed by atoms with Crippen LogP contribution in [0.4, 0.5) is 20.3 Å². The summed E-state index contributed by atoms with van der Waals surface area (Å²) >= 11 is 5.69. The Balaban J connectivity index is 1.37. The average Bonchev–Trinajstić information content (AvgIpc) is 3.30. The zero-order valence-electron chi connectivity index (χ0n) is 18.0. The van der Waals surface area contributed by atoms with E-state index in [4.69, 9.17) is 25.8 Å². The molecule has 174 valence electrons. The van der Waals surface area contributed by atoms with E-state index >= 15 is 0 Å². The van der Waals surface area contributed by atoms with Crippen molar-refractivity contribution < 1.29 is 23.0 Å². The molecule has 1 N–H and O–H groups in total. The molecule has 2 aliphatic heterocycles. The molecule has 0 bridgehead atoms. The number of nitrogens with one attached hydrogen (secondary N) is 1. The van der Waals surface area contributed by atoms with E-state index in [2.05, 4.69) is 20.2 Å². The van der Waals surface area contributed by atoms with E-state index in [9.17, 15) is 8.78 Å². The highest BCUT2D eigenvalue weighted by Gasteiger charge is 2.32. The van der Waals surface area contributed by atoms with Gasteiger partial charge in [-0.05, 0) is 37.6 Å². The van der Waals surface area contributed by atoms with Crippen LogP contribution in [0.1, 0.15) is 12.8 Å². The lowest BCUT2D eigenvalue weighted by Crippen LogP contribution is -2.48. The van der Waals surface area contributed by atoms with Crippen molar-refractivity contribution in [1.29, 1.82) is 0 Å². The molecule has 0 saturated carbocycles. The number of ether oxygens (including phenoxy) is 3. The zero-order chi connectivity index (χ0) is 22.9. The van der Waals surface area contributed by atoms with Crippen molar-refractivity contribution >= 4 is 34.0 Å².